The van der Waals surface area contributed by atoms with Crippen molar-refractivity contribution in [3.8, 4) is 0 Å². The van der Waals surface area contributed by atoms with Gasteiger partial charge in [0.25, 0.3) is 0 Å². The van der Waals surface area contributed by atoms with Crippen LogP contribution in [0, 0.1) is 11.8 Å². The van der Waals surface area contributed by atoms with Crippen LogP contribution in [0.2, 0.25) is 0 Å². The zero-order chi connectivity index (χ0) is 17.2. The number of benzene rings is 1. The van der Waals surface area contributed by atoms with E-state index in [4.69, 9.17) is 0 Å². The lowest BCUT2D eigenvalue weighted by Gasteiger charge is -2.21. The molecule has 0 spiro atoms. The van der Waals surface area contributed by atoms with Gasteiger partial charge in [0.05, 0.1) is 13.2 Å². The van der Waals surface area contributed by atoms with E-state index < -0.39 is 6.09 Å². The minimum absolute atomic E-state index is 0.00123. The first-order chi connectivity index (χ1) is 10.9. The van der Waals surface area contributed by atoms with Gasteiger partial charge in [0.2, 0.25) is 5.91 Å². The van der Waals surface area contributed by atoms with Crippen LogP contribution in [0.5, 0.6) is 0 Å². The normalized spacial score (nSPS) is 13.3. The molecule has 1 aromatic carbocycles. The number of nitrogens with one attached hydrogen (secondary N) is 2. The summed E-state index contributed by atoms with van der Waals surface area (Å²) >= 11 is 0. The fraction of sp³-hybridized carbons (Fsp3) is 0.556. The maximum atomic E-state index is 12.3. The van der Waals surface area contributed by atoms with Gasteiger partial charge in [-0.15, -0.1) is 0 Å². The number of rotatable bonds is 8. The second kappa shape index (κ2) is 9.87. The molecular weight excluding hydrogens is 292 g/mol. The predicted octanol–water partition coefficient (Wildman–Crippen LogP) is 3.27. The van der Waals surface area contributed by atoms with Gasteiger partial charge >= 0.3 is 6.09 Å². The molecule has 0 aliphatic heterocycles. The van der Waals surface area contributed by atoms with Crippen molar-refractivity contribution in [3.05, 3.63) is 35.9 Å². The Hall–Kier alpha value is -2.04. The summed E-state index contributed by atoms with van der Waals surface area (Å²) < 4.78 is 4.58. The van der Waals surface area contributed by atoms with E-state index >= 15 is 0 Å². The van der Waals surface area contributed by atoms with Crippen molar-refractivity contribution in [2.24, 2.45) is 11.8 Å². The summed E-state index contributed by atoms with van der Waals surface area (Å²) in [5, 5.41) is 5.71. The summed E-state index contributed by atoms with van der Waals surface area (Å²) in [6.45, 7) is 6.63. The van der Waals surface area contributed by atoms with E-state index in [1.807, 2.05) is 37.3 Å². The van der Waals surface area contributed by atoms with Crippen molar-refractivity contribution < 1.29 is 14.3 Å². The molecule has 1 aromatic rings. The summed E-state index contributed by atoms with van der Waals surface area (Å²) in [5.41, 5.74) is 1.08. The fourth-order valence-electron chi connectivity index (χ4n) is 2.59. The van der Waals surface area contributed by atoms with Crippen molar-refractivity contribution in [2.45, 2.75) is 39.7 Å². The molecule has 0 radical (unpaired) electrons. The van der Waals surface area contributed by atoms with Gasteiger partial charge in [0, 0.05) is 13.0 Å². The van der Waals surface area contributed by atoms with Crippen LogP contribution in [0.15, 0.2) is 30.3 Å². The molecule has 2 N–H and O–H groups in total. The van der Waals surface area contributed by atoms with Crippen molar-refractivity contribution in [1.29, 1.82) is 0 Å². The van der Waals surface area contributed by atoms with Crippen LogP contribution in [0.1, 0.15) is 45.2 Å². The first kappa shape index (κ1) is 19.0. The molecule has 0 saturated heterocycles. The van der Waals surface area contributed by atoms with Crippen molar-refractivity contribution in [3.63, 3.8) is 0 Å². The van der Waals surface area contributed by atoms with Gasteiger partial charge < -0.3 is 15.4 Å². The lowest BCUT2D eigenvalue weighted by Crippen LogP contribution is -2.34. The van der Waals surface area contributed by atoms with E-state index in [1.54, 1.807) is 0 Å². The van der Waals surface area contributed by atoms with Crippen LogP contribution < -0.4 is 10.6 Å². The summed E-state index contributed by atoms with van der Waals surface area (Å²) in [6, 6.07) is 9.83. The largest absolute Gasteiger partial charge is 0.453 e. The van der Waals surface area contributed by atoms with Gasteiger partial charge in [-0.25, -0.2) is 4.79 Å². The maximum absolute atomic E-state index is 12.3. The molecule has 5 nitrogen and oxygen atoms in total. The molecule has 0 aromatic heterocycles. The van der Waals surface area contributed by atoms with Crippen LogP contribution in [-0.4, -0.2) is 25.7 Å². The molecular formula is C18H28N2O3. The summed E-state index contributed by atoms with van der Waals surface area (Å²) in [4.78, 5) is 23.5. The van der Waals surface area contributed by atoms with E-state index in [9.17, 15) is 9.59 Å². The van der Waals surface area contributed by atoms with Crippen molar-refractivity contribution >= 4 is 12.0 Å². The maximum Gasteiger partial charge on any atom is 0.406 e. The molecule has 0 saturated carbocycles. The van der Waals surface area contributed by atoms with Crippen molar-refractivity contribution in [1.82, 2.24) is 10.6 Å². The molecule has 0 aliphatic carbocycles. The highest BCUT2D eigenvalue weighted by molar-refractivity contribution is 5.76. The Morgan fingerprint density at radius 2 is 1.78 bits per heavy atom. The van der Waals surface area contributed by atoms with Crippen LogP contribution in [0.3, 0.4) is 0 Å². The third-order valence-corrected chi connectivity index (χ3v) is 3.68. The lowest BCUT2D eigenvalue weighted by molar-refractivity contribution is -0.122. The van der Waals surface area contributed by atoms with Gasteiger partial charge in [0.1, 0.15) is 0 Å². The molecule has 2 amide bonds. The molecule has 0 aliphatic rings. The van der Waals surface area contributed by atoms with Gasteiger partial charge in [-0.3, -0.25) is 4.79 Å². The van der Waals surface area contributed by atoms with Crippen LogP contribution in [-0.2, 0) is 9.53 Å². The number of amides is 2. The Morgan fingerprint density at radius 3 is 2.35 bits per heavy atom. The monoisotopic (exact) mass is 320 g/mol. The molecule has 23 heavy (non-hydrogen) atoms. The minimum Gasteiger partial charge on any atom is -0.453 e. The Kier molecular flexibility index (Phi) is 8.16. The van der Waals surface area contributed by atoms with Gasteiger partial charge in [-0.1, -0.05) is 44.2 Å². The number of ether oxygens (including phenoxy) is 1. The zero-order valence-corrected chi connectivity index (χ0v) is 14.5. The van der Waals surface area contributed by atoms with E-state index in [2.05, 4.69) is 29.2 Å². The van der Waals surface area contributed by atoms with E-state index in [1.165, 1.54) is 7.11 Å². The fourth-order valence-corrected chi connectivity index (χ4v) is 2.59. The number of carbonyl (C=O) groups is 2. The second-order valence-electron chi connectivity index (χ2n) is 6.27. The lowest BCUT2D eigenvalue weighted by atomic mass is 9.93. The van der Waals surface area contributed by atoms with Crippen LogP contribution in [0.4, 0.5) is 4.79 Å². The SMILES string of the molecule is COC(=O)NC[C@H](CC(=O)N[C@@H](C)c1ccccc1)CC(C)C. The molecule has 0 heterocycles. The third kappa shape index (κ3) is 7.68. The average Bonchev–Trinajstić information content (AvgIpc) is 2.52. The summed E-state index contributed by atoms with van der Waals surface area (Å²) in [5.74, 6) is 0.550. The second-order valence-corrected chi connectivity index (χ2v) is 6.27. The Balaban J connectivity index is 2.53. The molecule has 2 atom stereocenters. The van der Waals surface area contributed by atoms with Gasteiger partial charge in [0.15, 0.2) is 0 Å². The molecule has 0 bridgehead atoms. The zero-order valence-electron chi connectivity index (χ0n) is 14.5. The van der Waals surface area contributed by atoms with Crippen molar-refractivity contribution in [2.75, 3.05) is 13.7 Å². The Bertz CT molecular complexity index is 488. The number of alkyl carbamates (subject to hydrolysis) is 1. The summed E-state index contributed by atoms with van der Waals surface area (Å²) in [6.07, 6.45) is 0.799. The van der Waals surface area contributed by atoms with E-state index in [0.29, 0.717) is 18.9 Å². The van der Waals surface area contributed by atoms with Crippen LogP contribution >= 0.6 is 0 Å². The first-order valence-corrected chi connectivity index (χ1v) is 8.08. The standard InChI is InChI=1S/C18H28N2O3/c1-13(2)10-15(12-19-18(22)23-4)11-17(21)20-14(3)16-8-6-5-7-9-16/h5-9,13-15H,10-12H2,1-4H3,(H,19,22)(H,20,21)/t14-,15-/m0/s1. The van der Waals surface area contributed by atoms with E-state index in [0.717, 1.165) is 12.0 Å². The highest BCUT2D eigenvalue weighted by Crippen LogP contribution is 2.17. The molecule has 0 fully saturated rings. The summed E-state index contributed by atoms with van der Waals surface area (Å²) in [7, 11) is 1.33. The Labute approximate surface area is 138 Å². The first-order valence-electron chi connectivity index (χ1n) is 8.08. The topological polar surface area (TPSA) is 67.4 Å². The molecule has 1 rings (SSSR count). The number of methoxy groups -OCH3 is 1. The molecule has 5 heteroatoms. The van der Waals surface area contributed by atoms with Gasteiger partial charge in [-0.05, 0) is 30.7 Å². The number of carbonyl (C=O) groups excluding carboxylic acids is 2. The highest BCUT2D eigenvalue weighted by atomic mass is 16.5. The third-order valence-electron chi connectivity index (χ3n) is 3.68. The molecule has 128 valence electrons. The van der Waals surface area contributed by atoms with E-state index in [-0.39, 0.29) is 17.9 Å². The Morgan fingerprint density at radius 1 is 1.13 bits per heavy atom. The number of hydrogen-bond donors (Lipinski definition) is 2. The predicted molar refractivity (Wildman–Crippen MR) is 91.0 cm³/mol. The van der Waals surface area contributed by atoms with Gasteiger partial charge in [-0.2, -0.15) is 0 Å². The smallest absolute Gasteiger partial charge is 0.406 e. The molecule has 0 unspecified atom stereocenters. The number of hydrogen-bond acceptors (Lipinski definition) is 3. The quantitative estimate of drug-likeness (QED) is 0.772. The highest BCUT2D eigenvalue weighted by Gasteiger charge is 2.18. The minimum atomic E-state index is -0.461. The van der Waals surface area contributed by atoms with Crippen LogP contribution in [0.25, 0.3) is 0 Å². The average molecular weight is 320 g/mol.